The van der Waals surface area contributed by atoms with Crippen LogP contribution in [0.15, 0.2) is 0 Å². The fourth-order valence-corrected chi connectivity index (χ4v) is 2.80. The van der Waals surface area contributed by atoms with Crippen LogP contribution in [0.1, 0.15) is 39.0 Å². The molecule has 1 aliphatic rings. The third-order valence-electron chi connectivity index (χ3n) is 3.56. The van der Waals surface area contributed by atoms with Gasteiger partial charge in [-0.2, -0.15) is 25.3 Å². The zero-order valence-corrected chi connectivity index (χ0v) is 11.6. The van der Waals surface area contributed by atoms with E-state index in [1.165, 1.54) is 45.2 Å². The van der Waals surface area contributed by atoms with Gasteiger partial charge in [-0.1, -0.05) is 12.8 Å². The van der Waals surface area contributed by atoms with Crippen LogP contribution >= 0.6 is 25.3 Å². The highest BCUT2D eigenvalue weighted by Crippen LogP contribution is 2.23. The number of rotatable bonds is 6. The highest BCUT2D eigenvalue weighted by atomic mass is 32.1. The maximum atomic E-state index is 4.37. The van der Waals surface area contributed by atoms with Crippen LogP contribution < -0.4 is 0 Å². The van der Waals surface area contributed by atoms with Gasteiger partial charge in [0.05, 0.1) is 0 Å². The Labute approximate surface area is 106 Å². The summed E-state index contributed by atoms with van der Waals surface area (Å²) in [7, 11) is 0. The molecule has 1 rings (SSSR count). The predicted molar refractivity (Wildman–Crippen MR) is 75.3 cm³/mol. The second kappa shape index (κ2) is 7.86. The van der Waals surface area contributed by atoms with Crippen LogP contribution in [0.3, 0.4) is 0 Å². The number of hydrogen-bond acceptors (Lipinski definition) is 3. The molecule has 1 heterocycles. The van der Waals surface area contributed by atoms with Crippen LogP contribution in [0, 0.1) is 5.92 Å². The lowest BCUT2D eigenvalue weighted by Gasteiger charge is -2.35. The largest absolute Gasteiger partial charge is 0.300 e. The maximum Gasteiger partial charge on any atom is 0.0155 e. The molecule has 1 unspecified atom stereocenters. The van der Waals surface area contributed by atoms with Crippen molar-refractivity contribution >= 4 is 25.3 Å². The molecule has 1 atom stereocenters. The molecule has 0 aliphatic carbocycles. The smallest absolute Gasteiger partial charge is 0.0155 e. The van der Waals surface area contributed by atoms with Crippen LogP contribution in [-0.2, 0) is 0 Å². The lowest BCUT2D eigenvalue weighted by molar-refractivity contribution is 0.147. The quantitative estimate of drug-likeness (QED) is 0.539. The van der Waals surface area contributed by atoms with E-state index in [-0.39, 0.29) is 0 Å². The lowest BCUT2D eigenvalue weighted by Crippen LogP contribution is -2.40. The zero-order valence-electron chi connectivity index (χ0n) is 9.86. The molecule has 0 aromatic heterocycles. The van der Waals surface area contributed by atoms with Crippen LogP contribution in [-0.4, -0.2) is 35.5 Å². The van der Waals surface area contributed by atoms with Gasteiger partial charge in [0.15, 0.2) is 0 Å². The van der Waals surface area contributed by atoms with Crippen molar-refractivity contribution in [2.24, 2.45) is 5.92 Å². The summed E-state index contributed by atoms with van der Waals surface area (Å²) in [5.74, 6) is 3.02. The highest BCUT2D eigenvalue weighted by Gasteiger charge is 2.21. The number of thiol groups is 2. The number of piperidine rings is 1. The van der Waals surface area contributed by atoms with Gasteiger partial charge in [-0.05, 0) is 50.9 Å². The van der Waals surface area contributed by atoms with Crippen molar-refractivity contribution in [2.75, 3.05) is 24.6 Å². The van der Waals surface area contributed by atoms with Crippen LogP contribution in [0.5, 0.6) is 0 Å². The van der Waals surface area contributed by atoms with E-state index in [0.29, 0.717) is 6.04 Å². The van der Waals surface area contributed by atoms with Crippen molar-refractivity contribution in [3.05, 3.63) is 0 Å². The molecular weight excluding hydrogens is 222 g/mol. The average Bonchev–Trinajstić information content (AvgIpc) is 2.29. The first-order valence-electron chi connectivity index (χ1n) is 6.23. The van der Waals surface area contributed by atoms with Crippen LogP contribution in [0.25, 0.3) is 0 Å². The van der Waals surface area contributed by atoms with E-state index in [4.69, 9.17) is 0 Å². The number of nitrogens with zero attached hydrogens (tertiary/aromatic N) is 1. The third-order valence-corrected chi connectivity index (χ3v) is 4.40. The Morgan fingerprint density at radius 2 is 1.87 bits per heavy atom. The summed E-state index contributed by atoms with van der Waals surface area (Å²) < 4.78 is 0. The number of hydrogen-bond donors (Lipinski definition) is 2. The molecule has 1 fully saturated rings. The molecule has 0 saturated carbocycles. The standard InChI is InChI=1S/C12H25NS2/c1-11(10-15)13-7-5-12(6-8-13)4-2-3-9-14/h11-12,14-15H,2-10H2,1H3. The molecule has 0 radical (unpaired) electrons. The van der Waals surface area contributed by atoms with Gasteiger partial charge in [-0.25, -0.2) is 0 Å². The Morgan fingerprint density at radius 3 is 2.40 bits per heavy atom. The van der Waals surface area contributed by atoms with Crippen molar-refractivity contribution in [3.63, 3.8) is 0 Å². The molecule has 0 spiro atoms. The minimum atomic E-state index is 0.659. The Balaban J connectivity index is 2.12. The van der Waals surface area contributed by atoms with Gasteiger partial charge >= 0.3 is 0 Å². The summed E-state index contributed by atoms with van der Waals surface area (Å²) in [4.78, 5) is 2.59. The van der Waals surface area contributed by atoms with E-state index in [2.05, 4.69) is 37.1 Å². The van der Waals surface area contributed by atoms with Gasteiger partial charge in [0.25, 0.3) is 0 Å². The summed E-state index contributed by atoms with van der Waals surface area (Å²) in [6, 6.07) is 0.659. The van der Waals surface area contributed by atoms with Crippen LogP contribution in [0.4, 0.5) is 0 Å². The normalized spacial score (nSPS) is 21.8. The summed E-state index contributed by atoms with van der Waals surface area (Å²) in [6.45, 7) is 4.86. The molecule has 1 nitrogen and oxygen atoms in total. The monoisotopic (exact) mass is 247 g/mol. The topological polar surface area (TPSA) is 3.24 Å². The molecule has 1 saturated heterocycles. The van der Waals surface area contributed by atoms with E-state index >= 15 is 0 Å². The molecule has 90 valence electrons. The van der Waals surface area contributed by atoms with Crippen molar-refractivity contribution in [1.82, 2.24) is 4.90 Å². The van der Waals surface area contributed by atoms with Gasteiger partial charge in [0.2, 0.25) is 0 Å². The van der Waals surface area contributed by atoms with Crippen LogP contribution in [0.2, 0.25) is 0 Å². The Hall–Kier alpha value is 0.660. The molecule has 0 bridgehead atoms. The van der Waals surface area contributed by atoms with Gasteiger partial charge in [0, 0.05) is 11.8 Å². The summed E-state index contributed by atoms with van der Waals surface area (Å²) in [6.07, 6.45) is 6.87. The second-order valence-corrected chi connectivity index (χ2v) is 5.54. The van der Waals surface area contributed by atoms with Crippen molar-refractivity contribution in [2.45, 2.75) is 45.1 Å². The molecule has 3 heteroatoms. The average molecular weight is 247 g/mol. The number of unbranched alkanes of at least 4 members (excludes halogenated alkanes) is 1. The molecular formula is C12H25NS2. The fourth-order valence-electron chi connectivity index (χ4n) is 2.34. The first-order valence-corrected chi connectivity index (χ1v) is 7.50. The number of likely N-dealkylation sites (tertiary alicyclic amines) is 1. The zero-order chi connectivity index (χ0) is 11.1. The van der Waals surface area contributed by atoms with Crippen molar-refractivity contribution in [1.29, 1.82) is 0 Å². The second-order valence-electron chi connectivity index (χ2n) is 4.73. The molecule has 1 aliphatic heterocycles. The first kappa shape index (κ1) is 13.7. The third kappa shape index (κ3) is 5.01. The highest BCUT2D eigenvalue weighted by molar-refractivity contribution is 7.80. The van der Waals surface area contributed by atoms with E-state index in [0.717, 1.165) is 17.4 Å². The summed E-state index contributed by atoms with van der Waals surface area (Å²) in [5, 5.41) is 0. The summed E-state index contributed by atoms with van der Waals surface area (Å²) in [5.41, 5.74) is 0. The Kier molecular flexibility index (Phi) is 7.19. The van der Waals surface area contributed by atoms with Gasteiger partial charge in [-0.15, -0.1) is 0 Å². The minimum Gasteiger partial charge on any atom is -0.300 e. The molecule has 0 aromatic carbocycles. The van der Waals surface area contributed by atoms with Gasteiger partial charge in [-0.3, -0.25) is 4.90 Å². The Bertz CT molecular complexity index is 156. The Morgan fingerprint density at radius 1 is 1.20 bits per heavy atom. The molecule has 0 N–H and O–H groups in total. The molecule has 15 heavy (non-hydrogen) atoms. The fraction of sp³-hybridized carbons (Fsp3) is 1.00. The van der Waals surface area contributed by atoms with E-state index in [9.17, 15) is 0 Å². The maximum absolute atomic E-state index is 4.37. The van der Waals surface area contributed by atoms with E-state index in [1.807, 2.05) is 0 Å². The molecule has 0 amide bonds. The first-order chi connectivity index (χ1) is 7.27. The molecule has 0 aromatic rings. The van der Waals surface area contributed by atoms with E-state index in [1.54, 1.807) is 0 Å². The van der Waals surface area contributed by atoms with E-state index < -0.39 is 0 Å². The minimum absolute atomic E-state index is 0.659. The predicted octanol–water partition coefficient (Wildman–Crippen LogP) is 3.12. The lowest BCUT2D eigenvalue weighted by atomic mass is 9.91. The summed E-state index contributed by atoms with van der Waals surface area (Å²) >= 11 is 8.62. The van der Waals surface area contributed by atoms with Gasteiger partial charge in [0.1, 0.15) is 0 Å². The van der Waals surface area contributed by atoms with Gasteiger partial charge < -0.3 is 0 Å². The SMILES string of the molecule is CC(CS)N1CCC(CCCCS)CC1. The van der Waals surface area contributed by atoms with Crippen molar-refractivity contribution < 1.29 is 0 Å². The van der Waals surface area contributed by atoms with Crippen molar-refractivity contribution in [3.8, 4) is 0 Å².